The molecule has 0 radical (unpaired) electrons. The number of benzene rings is 1. The van der Waals surface area contributed by atoms with Gasteiger partial charge in [0.1, 0.15) is 11.5 Å². The highest BCUT2D eigenvalue weighted by Gasteiger charge is 2.16. The third-order valence-corrected chi connectivity index (χ3v) is 2.53. The van der Waals surface area contributed by atoms with E-state index in [1.807, 2.05) is 43.3 Å². The number of hydrogen-bond acceptors (Lipinski definition) is 3. The number of nitrogens with one attached hydrogen (secondary N) is 1. The molecule has 0 aliphatic carbocycles. The summed E-state index contributed by atoms with van der Waals surface area (Å²) in [7, 11) is 3.98. The van der Waals surface area contributed by atoms with Crippen LogP contribution in [0.25, 0.3) is 6.08 Å². The molecule has 1 aliphatic rings. The summed E-state index contributed by atoms with van der Waals surface area (Å²) in [4.78, 5) is 17.6. The van der Waals surface area contributed by atoms with Crippen LogP contribution in [0.3, 0.4) is 0 Å². The summed E-state index contributed by atoms with van der Waals surface area (Å²) >= 11 is 0. The molecule has 2 rings (SSSR count). The van der Waals surface area contributed by atoms with E-state index < -0.39 is 0 Å². The van der Waals surface area contributed by atoms with Crippen LogP contribution < -0.4 is 10.2 Å². The van der Waals surface area contributed by atoms with Gasteiger partial charge < -0.3 is 10.2 Å². The number of hydrogen-bond donors (Lipinski definition) is 1. The lowest BCUT2D eigenvalue weighted by molar-refractivity contribution is -0.115. The average Bonchev–Trinajstić information content (AvgIpc) is 2.58. The molecule has 0 saturated heterocycles. The average molecular weight is 229 g/mol. The molecular formula is C13H15N3O. The molecule has 4 heteroatoms. The Bertz CT molecular complexity index is 498. The number of rotatable bonds is 2. The number of carbonyl (C=O) groups excluding carboxylic acids is 1. The van der Waals surface area contributed by atoms with Gasteiger partial charge >= 0.3 is 0 Å². The van der Waals surface area contributed by atoms with Crippen LogP contribution in [0.2, 0.25) is 0 Å². The lowest BCUT2D eigenvalue weighted by atomic mass is 10.1. The highest BCUT2D eigenvalue weighted by molar-refractivity contribution is 6.13. The van der Waals surface area contributed by atoms with Gasteiger partial charge in [-0.1, -0.05) is 12.1 Å². The minimum absolute atomic E-state index is 0.140. The Morgan fingerprint density at radius 2 is 1.88 bits per heavy atom. The topological polar surface area (TPSA) is 44.7 Å². The standard InChI is InChI=1S/C13H15N3O/c1-9-14-12(13(17)15-9)8-10-4-6-11(7-5-10)16(2)3/h4-8H,1-3H3,(H,14,15,17)/b12-8-. The van der Waals surface area contributed by atoms with E-state index >= 15 is 0 Å². The maximum Gasteiger partial charge on any atom is 0.275 e. The molecule has 1 amide bonds. The Labute approximate surface area is 101 Å². The molecule has 1 aliphatic heterocycles. The van der Waals surface area contributed by atoms with Gasteiger partial charge in [-0.2, -0.15) is 0 Å². The second-order valence-corrected chi connectivity index (χ2v) is 4.17. The zero-order valence-corrected chi connectivity index (χ0v) is 10.2. The highest BCUT2D eigenvalue weighted by atomic mass is 16.2. The van der Waals surface area contributed by atoms with Crippen molar-refractivity contribution in [1.82, 2.24) is 5.32 Å². The van der Waals surface area contributed by atoms with Crippen LogP contribution in [-0.4, -0.2) is 25.8 Å². The fourth-order valence-electron chi connectivity index (χ4n) is 1.61. The molecule has 1 N–H and O–H groups in total. The molecule has 0 bridgehead atoms. The first-order valence-electron chi connectivity index (χ1n) is 5.42. The van der Waals surface area contributed by atoms with Crippen molar-refractivity contribution < 1.29 is 4.79 Å². The van der Waals surface area contributed by atoms with Crippen LogP contribution in [-0.2, 0) is 4.79 Å². The summed E-state index contributed by atoms with van der Waals surface area (Å²) in [6.07, 6.45) is 1.78. The maximum absolute atomic E-state index is 11.5. The van der Waals surface area contributed by atoms with Crippen molar-refractivity contribution >= 4 is 23.5 Å². The van der Waals surface area contributed by atoms with E-state index in [1.54, 1.807) is 13.0 Å². The third-order valence-electron chi connectivity index (χ3n) is 2.53. The first-order valence-corrected chi connectivity index (χ1v) is 5.42. The fraction of sp³-hybridized carbons (Fsp3) is 0.231. The molecule has 88 valence electrons. The summed E-state index contributed by atoms with van der Waals surface area (Å²) in [6, 6.07) is 7.96. The van der Waals surface area contributed by atoms with Gasteiger partial charge in [0.15, 0.2) is 0 Å². The van der Waals surface area contributed by atoms with Gasteiger partial charge in [-0.25, -0.2) is 4.99 Å². The number of amidine groups is 1. The van der Waals surface area contributed by atoms with Crippen LogP contribution in [0.5, 0.6) is 0 Å². The Morgan fingerprint density at radius 3 is 2.35 bits per heavy atom. The van der Waals surface area contributed by atoms with Crippen molar-refractivity contribution in [3.63, 3.8) is 0 Å². The van der Waals surface area contributed by atoms with Gasteiger partial charge in [0.05, 0.1) is 0 Å². The zero-order valence-electron chi connectivity index (χ0n) is 10.2. The predicted octanol–water partition coefficient (Wildman–Crippen LogP) is 1.64. The third kappa shape index (κ3) is 2.53. The van der Waals surface area contributed by atoms with E-state index in [0.717, 1.165) is 11.3 Å². The van der Waals surface area contributed by atoms with Crippen LogP contribution >= 0.6 is 0 Å². The van der Waals surface area contributed by atoms with Crippen molar-refractivity contribution in [3.8, 4) is 0 Å². The first kappa shape index (κ1) is 11.4. The number of amides is 1. The molecule has 1 aromatic carbocycles. The molecule has 1 heterocycles. The van der Waals surface area contributed by atoms with Gasteiger partial charge in [-0.3, -0.25) is 4.79 Å². The molecule has 0 unspecified atom stereocenters. The Morgan fingerprint density at radius 1 is 1.24 bits per heavy atom. The van der Waals surface area contributed by atoms with Gasteiger partial charge in [0.2, 0.25) is 0 Å². The summed E-state index contributed by atoms with van der Waals surface area (Å²) in [6.45, 7) is 1.77. The van der Waals surface area contributed by atoms with Crippen molar-refractivity contribution in [1.29, 1.82) is 0 Å². The van der Waals surface area contributed by atoms with Gasteiger partial charge in [0, 0.05) is 19.8 Å². The monoisotopic (exact) mass is 229 g/mol. The van der Waals surface area contributed by atoms with E-state index in [0.29, 0.717) is 11.5 Å². The smallest absolute Gasteiger partial charge is 0.275 e. The summed E-state index contributed by atoms with van der Waals surface area (Å²) in [5.41, 5.74) is 2.56. The van der Waals surface area contributed by atoms with Gasteiger partial charge in [-0.15, -0.1) is 0 Å². The van der Waals surface area contributed by atoms with Crippen molar-refractivity contribution in [2.24, 2.45) is 4.99 Å². The van der Waals surface area contributed by atoms with Crippen molar-refractivity contribution in [2.45, 2.75) is 6.92 Å². The Hall–Kier alpha value is -2.10. The van der Waals surface area contributed by atoms with Crippen LogP contribution in [0.1, 0.15) is 12.5 Å². The first-order chi connectivity index (χ1) is 8.06. The Balaban J connectivity index is 2.25. The fourth-order valence-corrected chi connectivity index (χ4v) is 1.61. The summed E-state index contributed by atoms with van der Waals surface area (Å²) in [5.74, 6) is 0.505. The quantitative estimate of drug-likeness (QED) is 0.783. The maximum atomic E-state index is 11.5. The van der Waals surface area contributed by atoms with E-state index in [1.165, 1.54) is 0 Å². The van der Waals surface area contributed by atoms with E-state index in [9.17, 15) is 4.79 Å². The van der Waals surface area contributed by atoms with Gasteiger partial charge in [0.25, 0.3) is 5.91 Å². The molecule has 0 saturated carbocycles. The van der Waals surface area contributed by atoms with Crippen molar-refractivity contribution in [3.05, 3.63) is 35.5 Å². The largest absolute Gasteiger partial charge is 0.378 e. The van der Waals surface area contributed by atoms with Crippen LogP contribution in [0.4, 0.5) is 5.69 Å². The molecule has 17 heavy (non-hydrogen) atoms. The second-order valence-electron chi connectivity index (χ2n) is 4.17. The molecule has 0 spiro atoms. The molecular weight excluding hydrogens is 214 g/mol. The van der Waals surface area contributed by atoms with Crippen LogP contribution in [0, 0.1) is 0 Å². The number of nitrogens with zero attached hydrogens (tertiary/aromatic N) is 2. The van der Waals surface area contributed by atoms with Gasteiger partial charge in [-0.05, 0) is 30.7 Å². The van der Waals surface area contributed by atoms with E-state index in [2.05, 4.69) is 10.3 Å². The number of carbonyl (C=O) groups is 1. The zero-order chi connectivity index (χ0) is 12.4. The van der Waals surface area contributed by atoms with Crippen molar-refractivity contribution in [2.75, 3.05) is 19.0 Å². The van der Waals surface area contributed by atoms with E-state index in [-0.39, 0.29) is 5.91 Å². The highest BCUT2D eigenvalue weighted by Crippen LogP contribution is 2.16. The molecule has 4 nitrogen and oxygen atoms in total. The molecule has 1 aromatic rings. The number of anilines is 1. The van der Waals surface area contributed by atoms with E-state index in [4.69, 9.17) is 0 Å². The summed E-state index contributed by atoms with van der Waals surface area (Å²) < 4.78 is 0. The number of aliphatic imine (C=N–C) groups is 1. The molecule has 0 atom stereocenters. The van der Waals surface area contributed by atoms with Crippen LogP contribution in [0.15, 0.2) is 35.0 Å². The molecule has 0 fully saturated rings. The lowest BCUT2D eigenvalue weighted by Crippen LogP contribution is -2.21. The normalized spacial score (nSPS) is 17.0. The SMILES string of the molecule is CC1=N/C(=C\c2ccc(N(C)C)cc2)C(=O)N1. The minimum Gasteiger partial charge on any atom is -0.378 e. The predicted molar refractivity (Wildman–Crippen MR) is 70.0 cm³/mol. The minimum atomic E-state index is -0.140. The summed E-state index contributed by atoms with van der Waals surface area (Å²) in [5, 5.41) is 2.65. The molecule has 0 aromatic heterocycles. The second kappa shape index (κ2) is 4.41. The Kier molecular flexibility index (Phi) is 2.95. The lowest BCUT2D eigenvalue weighted by Gasteiger charge is -2.11.